The molecule has 3 aromatic rings. The number of hydrogen-bond donors (Lipinski definition) is 0. The number of rotatable bonds is 6. The lowest BCUT2D eigenvalue weighted by atomic mass is 9.98. The summed E-state index contributed by atoms with van der Waals surface area (Å²) in [5.41, 5.74) is 3.24. The lowest BCUT2D eigenvalue weighted by Crippen LogP contribution is -2.00. The quantitative estimate of drug-likeness (QED) is 0.428. The molecule has 0 aliphatic rings. The van der Waals surface area contributed by atoms with E-state index in [9.17, 15) is 17.6 Å². The van der Waals surface area contributed by atoms with Gasteiger partial charge in [-0.15, -0.1) is 0 Å². The molecule has 0 spiro atoms. The van der Waals surface area contributed by atoms with Gasteiger partial charge >= 0.3 is 0 Å². The van der Waals surface area contributed by atoms with Gasteiger partial charge in [0.1, 0.15) is 23.3 Å². The van der Waals surface area contributed by atoms with E-state index in [2.05, 4.69) is 0 Å². The molecule has 0 nitrogen and oxygen atoms in total. The van der Waals surface area contributed by atoms with Gasteiger partial charge in [0.05, 0.1) is 0 Å². The Morgan fingerprint density at radius 3 is 1.61 bits per heavy atom. The molecule has 0 aliphatic carbocycles. The zero-order chi connectivity index (χ0) is 20.3. The average molecular weight is 386 g/mol. The third-order valence-corrected chi connectivity index (χ3v) is 5.03. The summed E-state index contributed by atoms with van der Waals surface area (Å²) in [6.45, 7) is 3.22. The summed E-state index contributed by atoms with van der Waals surface area (Å²) in [5, 5.41) is 0. The Hall–Kier alpha value is -2.62. The molecule has 0 fully saturated rings. The smallest absolute Gasteiger partial charge is 0.129 e. The first-order valence-electron chi connectivity index (χ1n) is 9.30. The lowest BCUT2D eigenvalue weighted by molar-refractivity contribution is 0.564. The molecule has 146 valence electrons. The van der Waals surface area contributed by atoms with Gasteiger partial charge in [0.2, 0.25) is 0 Å². The van der Waals surface area contributed by atoms with Crippen LogP contribution >= 0.6 is 0 Å². The Morgan fingerprint density at radius 2 is 1.04 bits per heavy atom. The minimum absolute atomic E-state index is 0.00385. The highest BCUT2D eigenvalue weighted by Gasteiger charge is 2.09. The van der Waals surface area contributed by atoms with E-state index >= 15 is 0 Å². The fraction of sp³-hybridized carbons (Fsp3) is 0.250. The molecule has 0 amide bonds. The molecule has 4 heteroatoms. The van der Waals surface area contributed by atoms with Gasteiger partial charge in [0.25, 0.3) is 0 Å². The summed E-state index contributed by atoms with van der Waals surface area (Å²) < 4.78 is 55.6. The molecular weight excluding hydrogens is 364 g/mol. The summed E-state index contributed by atoms with van der Waals surface area (Å²) in [6, 6.07) is 12.6. The molecule has 3 aromatic carbocycles. The first-order chi connectivity index (χ1) is 13.3. The second kappa shape index (κ2) is 8.59. The van der Waals surface area contributed by atoms with E-state index in [0.717, 1.165) is 11.1 Å². The first-order valence-corrected chi connectivity index (χ1v) is 9.30. The van der Waals surface area contributed by atoms with Crippen molar-refractivity contribution in [3.63, 3.8) is 0 Å². The molecule has 0 radical (unpaired) electrons. The van der Waals surface area contributed by atoms with Gasteiger partial charge in [-0.1, -0.05) is 24.3 Å². The van der Waals surface area contributed by atoms with E-state index in [-0.39, 0.29) is 17.2 Å². The van der Waals surface area contributed by atoms with Crippen LogP contribution in [0.15, 0.2) is 48.5 Å². The molecule has 0 atom stereocenters. The van der Waals surface area contributed by atoms with Crippen molar-refractivity contribution >= 4 is 0 Å². The van der Waals surface area contributed by atoms with E-state index in [1.165, 1.54) is 31.2 Å². The van der Waals surface area contributed by atoms with Gasteiger partial charge in [0.15, 0.2) is 0 Å². The molecular formula is C24H22F4. The lowest BCUT2D eigenvalue weighted by Gasteiger charge is -2.09. The van der Waals surface area contributed by atoms with Crippen LogP contribution in [0.2, 0.25) is 0 Å². The van der Waals surface area contributed by atoms with Gasteiger partial charge in [-0.05, 0) is 91.6 Å². The number of halogens is 4. The summed E-state index contributed by atoms with van der Waals surface area (Å²) in [7, 11) is 0. The van der Waals surface area contributed by atoms with Crippen LogP contribution in [0.4, 0.5) is 17.6 Å². The van der Waals surface area contributed by atoms with E-state index < -0.39 is 11.6 Å². The van der Waals surface area contributed by atoms with Crippen molar-refractivity contribution in [2.24, 2.45) is 0 Å². The Bertz CT molecular complexity index is 969. The van der Waals surface area contributed by atoms with Crippen LogP contribution in [-0.4, -0.2) is 0 Å². The molecule has 28 heavy (non-hydrogen) atoms. The van der Waals surface area contributed by atoms with Crippen LogP contribution in [0.25, 0.3) is 0 Å². The van der Waals surface area contributed by atoms with E-state index in [0.29, 0.717) is 42.4 Å². The first kappa shape index (κ1) is 20.1. The standard InChI is InChI=1S/C24H22F4/c1-15-3-7-19(23(27)11-15)9-10-20-8-6-17(12-24(20)28)4-5-18-13-21(25)16(2)22(26)14-18/h3,6-8,11-14H,4-5,9-10H2,1-2H3. The Balaban J connectivity index is 1.63. The predicted octanol–water partition coefficient (Wildman–Crippen LogP) is 6.43. The highest BCUT2D eigenvalue weighted by Crippen LogP contribution is 2.19. The minimum atomic E-state index is -0.570. The van der Waals surface area contributed by atoms with Crippen molar-refractivity contribution in [1.82, 2.24) is 0 Å². The van der Waals surface area contributed by atoms with Crippen LogP contribution in [0.5, 0.6) is 0 Å². The highest BCUT2D eigenvalue weighted by molar-refractivity contribution is 5.30. The third-order valence-electron chi connectivity index (χ3n) is 5.03. The molecule has 0 heterocycles. The predicted molar refractivity (Wildman–Crippen MR) is 103 cm³/mol. The van der Waals surface area contributed by atoms with Crippen LogP contribution in [0.3, 0.4) is 0 Å². The largest absolute Gasteiger partial charge is 0.207 e. The Kier molecular flexibility index (Phi) is 6.18. The fourth-order valence-corrected chi connectivity index (χ4v) is 3.20. The Morgan fingerprint density at radius 1 is 0.536 bits per heavy atom. The third kappa shape index (κ3) is 4.80. The summed E-state index contributed by atoms with van der Waals surface area (Å²) in [5.74, 6) is -1.75. The molecule has 0 N–H and O–H groups in total. The van der Waals surface area contributed by atoms with E-state index in [4.69, 9.17) is 0 Å². The number of hydrogen-bond acceptors (Lipinski definition) is 0. The highest BCUT2D eigenvalue weighted by atomic mass is 19.1. The molecule has 0 saturated carbocycles. The number of benzene rings is 3. The molecule has 0 unspecified atom stereocenters. The maximum atomic E-state index is 14.4. The maximum absolute atomic E-state index is 14.4. The number of aryl methyl sites for hydroxylation is 5. The van der Waals surface area contributed by atoms with Crippen molar-refractivity contribution < 1.29 is 17.6 Å². The molecule has 0 bridgehead atoms. The molecule has 0 aromatic heterocycles. The average Bonchev–Trinajstić information content (AvgIpc) is 2.64. The van der Waals surface area contributed by atoms with Crippen LogP contribution in [-0.2, 0) is 25.7 Å². The minimum Gasteiger partial charge on any atom is -0.207 e. The van der Waals surface area contributed by atoms with Crippen molar-refractivity contribution in [1.29, 1.82) is 0 Å². The fourth-order valence-electron chi connectivity index (χ4n) is 3.20. The zero-order valence-corrected chi connectivity index (χ0v) is 16.0. The van der Waals surface area contributed by atoms with Gasteiger partial charge in [0, 0.05) is 5.56 Å². The van der Waals surface area contributed by atoms with E-state index in [1.807, 2.05) is 19.1 Å². The molecule has 0 aliphatic heterocycles. The monoisotopic (exact) mass is 386 g/mol. The van der Waals surface area contributed by atoms with Crippen LogP contribution < -0.4 is 0 Å². The van der Waals surface area contributed by atoms with Crippen LogP contribution in [0, 0.1) is 37.1 Å². The summed E-state index contributed by atoms with van der Waals surface area (Å²) in [4.78, 5) is 0. The molecule has 3 rings (SSSR count). The van der Waals surface area contributed by atoms with E-state index in [1.54, 1.807) is 12.1 Å². The normalized spacial score (nSPS) is 11.1. The molecule has 0 saturated heterocycles. The second-order valence-electron chi connectivity index (χ2n) is 7.21. The van der Waals surface area contributed by atoms with Crippen molar-refractivity contribution in [2.75, 3.05) is 0 Å². The van der Waals surface area contributed by atoms with Gasteiger partial charge in [-0.2, -0.15) is 0 Å². The maximum Gasteiger partial charge on any atom is 0.129 e. The van der Waals surface area contributed by atoms with Gasteiger partial charge in [-0.25, -0.2) is 17.6 Å². The summed E-state index contributed by atoms with van der Waals surface area (Å²) in [6.07, 6.45) is 1.72. The Labute approximate surface area is 162 Å². The van der Waals surface area contributed by atoms with Crippen molar-refractivity contribution in [2.45, 2.75) is 39.5 Å². The summed E-state index contributed by atoms with van der Waals surface area (Å²) >= 11 is 0. The van der Waals surface area contributed by atoms with Gasteiger partial charge in [-0.3, -0.25) is 0 Å². The second-order valence-corrected chi connectivity index (χ2v) is 7.21. The SMILES string of the molecule is Cc1ccc(CCc2ccc(CCc3cc(F)c(C)c(F)c3)cc2F)c(F)c1. The van der Waals surface area contributed by atoms with Gasteiger partial charge < -0.3 is 0 Å². The van der Waals surface area contributed by atoms with Crippen molar-refractivity contribution in [3.05, 3.63) is 105 Å². The van der Waals surface area contributed by atoms with Crippen molar-refractivity contribution in [3.8, 4) is 0 Å². The zero-order valence-electron chi connectivity index (χ0n) is 16.0. The van der Waals surface area contributed by atoms with Crippen LogP contribution in [0.1, 0.15) is 33.4 Å². The topological polar surface area (TPSA) is 0 Å².